The second kappa shape index (κ2) is 7.92. The maximum atomic E-state index is 12.1. The van der Waals surface area contributed by atoms with E-state index in [0.717, 1.165) is 30.0 Å². The zero-order chi connectivity index (χ0) is 17.6. The highest BCUT2D eigenvalue weighted by atomic mass is 16.2. The molecule has 0 bridgehead atoms. The summed E-state index contributed by atoms with van der Waals surface area (Å²) in [6, 6.07) is 10.9. The third-order valence-corrected chi connectivity index (χ3v) is 4.46. The Labute approximate surface area is 148 Å². The second-order valence-electron chi connectivity index (χ2n) is 6.45. The largest absolute Gasteiger partial charge is 0.357 e. The van der Waals surface area contributed by atoms with Crippen LogP contribution in [-0.4, -0.2) is 29.8 Å². The second-order valence-corrected chi connectivity index (χ2v) is 6.45. The van der Waals surface area contributed by atoms with Crippen LogP contribution in [0.5, 0.6) is 0 Å². The number of Topliss-reactive ketones (excluding diaryl/α,β-unsaturated/α-hetero) is 1. The van der Waals surface area contributed by atoms with Crippen LogP contribution in [-0.2, 0) is 11.3 Å². The van der Waals surface area contributed by atoms with Gasteiger partial charge in [0.1, 0.15) is 5.82 Å². The summed E-state index contributed by atoms with van der Waals surface area (Å²) < 4.78 is 0. The molecule has 1 fully saturated rings. The molecule has 0 unspecified atom stereocenters. The molecule has 0 saturated carbocycles. The third-order valence-electron chi connectivity index (χ3n) is 4.46. The lowest BCUT2D eigenvalue weighted by Crippen LogP contribution is -2.31. The number of carbonyl (C=O) groups is 2. The molecule has 1 aliphatic heterocycles. The van der Waals surface area contributed by atoms with Crippen LogP contribution in [0.15, 0.2) is 42.6 Å². The monoisotopic (exact) mass is 337 g/mol. The molecule has 5 nitrogen and oxygen atoms in total. The van der Waals surface area contributed by atoms with Crippen molar-refractivity contribution in [3.63, 3.8) is 0 Å². The fourth-order valence-electron chi connectivity index (χ4n) is 2.93. The molecule has 1 aromatic carbocycles. The molecule has 0 radical (unpaired) electrons. The average molecular weight is 337 g/mol. The van der Waals surface area contributed by atoms with Gasteiger partial charge in [0.15, 0.2) is 0 Å². The van der Waals surface area contributed by atoms with E-state index in [4.69, 9.17) is 0 Å². The minimum Gasteiger partial charge on any atom is -0.357 e. The molecule has 2 aromatic rings. The van der Waals surface area contributed by atoms with Gasteiger partial charge in [-0.15, -0.1) is 0 Å². The first-order valence-corrected chi connectivity index (χ1v) is 8.72. The van der Waals surface area contributed by atoms with Gasteiger partial charge >= 0.3 is 0 Å². The lowest BCUT2D eigenvalue weighted by Gasteiger charge is -2.27. The first kappa shape index (κ1) is 17.1. The topological polar surface area (TPSA) is 62.3 Å². The van der Waals surface area contributed by atoms with E-state index in [2.05, 4.69) is 15.2 Å². The molecule has 2 heterocycles. The van der Waals surface area contributed by atoms with Crippen molar-refractivity contribution in [2.45, 2.75) is 32.7 Å². The lowest BCUT2D eigenvalue weighted by atomic mass is 10.1. The number of hydrogen-bond acceptors (Lipinski definition) is 4. The molecule has 0 spiro atoms. The summed E-state index contributed by atoms with van der Waals surface area (Å²) in [4.78, 5) is 30.9. The number of pyridine rings is 1. The fourth-order valence-corrected chi connectivity index (χ4v) is 2.93. The van der Waals surface area contributed by atoms with Crippen LogP contribution in [0, 0.1) is 6.92 Å². The number of benzene rings is 1. The van der Waals surface area contributed by atoms with Crippen LogP contribution in [0.1, 0.15) is 40.7 Å². The van der Waals surface area contributed by atoms with Crippen LogP contribution >= 0.6 is 0 Å². The van der Waals surface area contributed by atoms with E-state index in [0.29, 0.717) is 12.1 Å². The molecule has 0 aliphatic carbocycles. The molecule has 5 heteroatoms. The van der Waals surface area contributed by atoms with Crippen LogP contribution < -0.4 is 10.2 Å². The summed E-state index contributed by atoms with van der Waals surface area (Å²) in [7, 11) is 0. The Morgan fingerprint density at radius 3 is 2.40 bits per heavy atom. The summed E-state index contributed by atoms with van der Waals surface area (Å²) in [6.07, 6.45) is 5.47. The molecule has 3 rings (SSSR count). The first-order chi connectivity index (χ1) is 12.1. The molecule has 130 valence electrons. The van der Waals surface area contributed by atoms with Crippen molar-refractivity contribution in [1.82, 2.24) is 10.3 Å². The molecular formula is C20H23N3O2. The first-order valence-electron chi connectivity index (χ1n) is 8.72. The number of aryl methyl sites for hydroxylation is 1. The van der Waals surface area contributed by atoms with Crippen molar-refractivity contribution < 1.29 is 9.59 Å². The Kier molecular flexibility index (Phi) is 5.43. The van der Waals surface area contributed by atoms with E-state index >= 15 is 0 Å². The quantitative estimate of drug-likeness (QED) is 0.673. The van der Waals surface area contributed by atoms with Crippen molar-refractivity contribution in [2.24, 2.45) is 0 Å². The third kappa shape index (κ3) is 4.44. The number of rotatable bonds is 5. The van der Waals surface area contributed by atoms with E-state index in [1.165, 1.54) is 19.3 Å². The number of ketones is 1. The highest BCUT2D eigenvalue weighted by molar-refractivity contribution is 6.42. The van der Waals surface area contributed by atoms with E-state index in [1.807, 2.05) is 31.2 Å². The standard InChI is InChI=1S/C20H23N3O2/c1-15-5-8-17(9-6-15)19(24)20(25)22-14-16-7-10-18(21-13-16)23-11-3-2-4-12-23/h5-10,13H,2-4,11-12,14H2,1H3,(H,22,25). The van der Waals surface area contributed by atoms with E-state index in [1.54, 1.807) is 18.3 Å². The van der Waals surface area contributed by atoms with Gasteiger partial charge in [0, 0.05) is 31.4 Å². The van der Waals surface area contributed by atoms with Gasteiger partial charge in [-0.05, 0) is 37.8 Å². The summed E-state index contributed by atoms with van der Waals surface area (Å²) >= 11 is 0. The predicted molar refractivity (Wildman–Crippen MR) is 97.7 cm³/mol. The van der Waals surface area contributed by atoms with Gasteiger partial charge in [-0.1, -0.05) is 35.9 Å². The summed E-state index contributed by atoms with van der Waals surface area (Å²) in [5.74, 6) is -0.132. The molecular weight excluding hydrogens is 314 g/mol. The van der Waals surface area contributed by atoms with Gasteiger partial charge in [0.2, 0.25) is 5.78 Å². The fraction of sp³-hybridized carbons (Fsp3) is 0.350. The van der Waals surface area contributed by atoms with Gasteiger partial charge in [-0.25, -0.2) is 4.98 Å². The Morgan fingerprint density at radius 1 is 1.04 bits per heavy atom. The smallest absolute Gasteiger partial charge is 0.292 e. The molecule has 1 aliphatic rings. The zero-order valence-electron chi connectivity index (χ0n) is 14.5. The molecule has 1 amide bonds. The minimum atomic E-state index is -0.594. The van der Waals surface area contributed by atoms with Crippen LogP contribution in [0.4, 0.5) is 5.82 Å². The summed E-state index contributed by atoms with van der Waals surface area (Å²) in [6.45, 7) is 4.33. The SMILES string of the molecule is Cc1ccc(C(=O)C(=O)NCc2ccc(N3CCCCC3)nc2)cc1. The zero-order valence-corrected chi connectivity index (χ0v) is 14.5. The Balaban J connectivity index is 1.54. The van der Waals surface area contributed by atoms with Crippen LogP contribution in [0.2, 0.25) is 0 Å². The van der Waals surface area contributed by atoms with Gasteiger partial charge in [0.25, 0.3) is 5.91 Å². The molecule has 25 heavy (non-hydrogen) atoms. The average Bonchev–Trinajstić information content (AvgIpc) is 2.67. The van der Waals surface area contributed by atoms with E-state index < -0.39 is 11.7 Å². The molecule has 1 saturated heterocycles. The van der Waals surface area contributed by atoms with E-state index in [9.17, 15) is 9.59 Å². The number of nitrogens with one attached hydrogen (secondary N) is 1. The van der Waals surface area contributed by atoms with Crippen LogP contribution in [0.3, 0.4) is 0 Å². The number of carbonyl (C=O) groups excluding carboxylic acids is 2. The highest BCUT2D eigenvalue weighted by Crippen LogP contribution is 2.17. The minimum absolute atomic E-state index is 0.295. The molecule has 0 atom stereocenters. The van der Waals surface area contributed by atoms with Crippen molar-refractivity contribution in [2.75, 3.05) is 18.0 Å². The van der Waals surface area contributed by atoms with Crippen molar-refractivity contribution in [3.8, 4) is 0 Å². The Morgan fingerprint density at radius 2 is 1.76 bits per heavy atom. The molecule has 1 aromatic heterocycles. The number of amides is 1. The molecule has 1 N–H and O–H groups in total. The summed E-state index contributed by atoms with van der Waals surface area (Å²) in [5, 5.41) is 2.67. The number of piperidine rings is 1. The number of nitrogens with zero attached hydrogens (tertiary/aromatic N) is 2. The van der Waals surface area contributed by atoms with Crippen molar-refractivity contribution in [3.05, 3.63) is 59.3 Å². The summed E-state index contributed by atoms with van der Waals surface area (Å²) in [5.41, 5.74) is 2.34. The predicted octanol–water partition coefficient (Wildman–Crippen LogP) is 2.88. The number of hydrogen-bond donors (Lipinski definition) is 1. The van der Waals surface area contributed by atoms with Gasteiger partial charge in [-0.3, -0.25) is 9.59 Å². The highest BCUT2D eigenvalue weighted by Gasteiger charge is 2.16. The Bertz CT molecular complexity index is 733. The van der Waals surface area contributed by atoms with Gasteiger partial charge < -0.3 is 10.2 Å². The van der Waals surface area contributed by atoms with Crippen LogP contribution in [0.25, 0.3) is 0 Å². The Hall–Kier alpha value is -2.69. The number of aromatic nitrogens is 1. The maximum absolute atomic E-state index is 12.1. The van der Waals surface area contributed by atoms with Crippen molar-refractivity contribution >= 4 is 17.5 Å². The van der Waals surface area contributed by atoms with E-state index in [-0.39, 0.29) is 0 Å². The van der Waals surface area contributed by atoms with Gasteiger partial charge in [0.05, 0.1) is 0 Å². The maximum Gasteiger partial charge on any atom is 0.292 e. The van der Waals surface area contributed by atoms with Gasteiger partial charge in [-0.2, -0.15) is 0 Å². The normalized spacial score (nSPS) is 14.2. The number of anilines is 1. The lowest BCUT2D eigenvalue weighted by molar-refractivity contribution is -0.117. The van der Waals surface area contributed by atoms with Crippen molar-refractivity contribution in [1.29, 1.82) is 0 Å².